The van der Waals surface area contributed by atoms with E-state index in [0.29, 0.717) is 12.8 Å². The fourth-order valence-corrected chi connectivity index (χ4v) is 3.11. The molecule has 0 heterocycles. The molecule has 1 atom stereocenters. The molecule has 23 heavy (non-hydrogen) atoms. The van der Waals surface area contributed by atoms with Crippen molar-refractivity contribution in [3.63, 3.8) is 0 Å². The summed E-state index contributed by atoms with van der Waals surface area (Å²) < 4.78 is 25.5. The fourth-order valence-electron chi connectivity index (χ4n) is 1.97. The minimum absolute atomic E-state index is 0.0797. The van der Waals surface area contributed by atoms with Crippen molar-refractivity contribution in [3.05, 3.63) is 30.3 Å². The first-order valence-corrected chi connectivity index (χ1v) is 8.76. The van der Waals surface area contributed by atoms with Crippen molar-refractivity contribution in [2.45, 2.75) is 37.1 Å². The zero-order valence-electron chi connectivity index (χ0n) is 13.2. The summed E-state index contributed by atoms with van der Waals surface area (Å²) in [6.45, 7) is 1.48. The first-order chi connectivity index (χ1) is 10.8. The molecule has 7 nitrogen and oxygen atoms in total. The molecular formula is C15H22N2O5S. The minimum atomic E-state index is -3.78. The van der Waals surface area contributed by atoms with Gasteiger partial charge >= 0.3 is 5.97 Å². The standard InChI is InChI=1S/C15H22N2O5S/c1-3-4-10-13(15(19)20)16-14(18)11-17(2)23(21,22)12-8-6-5-7-9-12/h5-9,13H,3-4,10-11H2,1-2H3,(H,16,18)(H,19,20)/t13-/m0/s1. The highest BCUT2D eigenvalue weighted by molar-refractivity contribution is 7.89. The van der Waals surface area contributed by atoms with Gasteiger partial charge in [-0.25, -0.2) is 13.2 Å². The van der Waals surface area contributed by atoms with Crippen LogP contribution in [-0.4, -0.2) is 49.3 Å². The van der Waals surface area contributed by atoms with Crippen LogP contribution in [0, 0.1) is 0 Å². The summed E-state index contributed by atoms with van der Waals surface area (Å²) in [5, 5.41) is 11.4. The molecule has 0 aliphatic rings. The zero-order chi connectivity index (χ0) is 17.5. The molecule has 1 rings (SSSR count). The smallest absolute Gasteiger partial charge is 0.326 e. The summed E-state index contributed by atoms with van der Waals surface area (Å²) in [4.78, 5) is 23.1. The Bertz CT molecular complexity index is 631. The highest BCUT2D eigenvalue weighted by atomic mass is 32.2. The van der Waals surface area contributed by atoms with Gasteiger partial charge in [0.25, 0.3) is 0 Å². The van der Waals surface area contributed by atoms with E-state index < -0.39 is 34.5 Å². The fraction of sp³-hybridized carbons (Fsp3) is 0.467. The molecule has 1 aromatic rings. The van der Waals surface area contributed by atoms with E-state index in [0.717, 1.165) is 10.7 Å². The SMILES string of the molecule is CCCC[C@H](NC(=O)CN(C)S(=O)(=O)c1ccccc1)C(=O)O. The minimum Gasteiger partial charge on any atom is -0.480 e. The van der Waals surface area contributed by atoms with Crippen LogP contribution in [0.1, 0.15) is 26.2 Å². The Morgan fingerprint density at radius 1 is 1.26 bits per heavy atom. The average Bonchev–Trinajstić information content (AvgIpc) is 2.51. The van der Waals surface area contributed by atoms with Crippen LogP contribution in [0.15, 0.2) is 35.2 Å². The number of unbranched alkanes of at least 4 members (excludes halogenated alkanes) is 1. The van der Waals surface area contributed by atoms with Crippen molar-refractivity contribution in [1.82, 2.24) is 9.62 Å². The van der Waals surface area contributed by atoms with Crippen molar-refractivity contribution in [2.75, 3.05) is 13.6 Å². The van der Waals surface area contributed by atoms with Crippen molar-refractivity contribution in [1.29, 1.82) is 0 Å². The van der Waals surface area contributed by atoms with E-state index in [4.69, 9.17) is 5.11 Å². The summed E-state index contributed by atoms with van der Waals surface area (Å²) in [7, 11) is -2.50. The van der Waals surface area contributed by atoms with E-state index in [1.807, 2.05) is 6.92 Å². The van der Waals surface area contributed by atoms with Gasteiger partial charge in [-0.05, 0) is 18.6 Å². The van der Waals surface area contributed by atoms with Crippen molar-refractivity contribution in [2.24, 2.45) is 0 Å². The molecule has 0 saturated heterocycles. The Labute approximate surface area is 136 Å². The number of aliphatic carboxylic acids is 1. The summed E-state index contributed by atoms with van der Waals surface area (Å²) in [5.41, 5.74) is 0. The van der Waals surface area contributed by atoms with Crippen LogP contribution in [0.3, 0.4) is 0 Å². The first kappa shape index (κ1) is 19.1. The number of carboxylic acids is 1. The lowest BCUT2D eigenvalue weighted by molar-refractivity contribution is -0.142. The second-order valence-electron chi connectivity index (χ2n) is 5.17. The van der Waals surface area contributed by atoms with Gasteiger partial charge in [0.05, 0.1) is 11.4 Å². The molecule has 0 fully saturated rings. The number of nitrogens with zero attached hydrogens (tertiary/aromatic N) is 1. The molecule has 0 aliphatic carbocycles. The summed E-state index contributed by atoms with van der Waals surface area (Å²) >= 11 is 0. The first-order valence-electron chi connectivity index (χ1n) is 7.32. The number of carbonyl (C=O) groups excluding carboxylic acids is 1. The summed E-state index contributed by atoms with van der Waals surface area (Å²) in [6.07, 6.45) is 1.78. The number of likely N-dealkylation sites (N-methyl/N-ethyl adjacent to an activating group) is 1. The zero-order valence-corrected chi connectivity index (χ0v) is 14.0. The number of carboxylic acid groups (broad SMARTS) is 1. The summed E-state index contributed by atoms with van der Waals surface area (Å²) in [5.74, 6) is -1.77. The van der Waals surface area contributed by atoms with Gasteiger partial charge in [-0.1, -0.05) is 38.0 Å². The lowest BCUT2D eigenvalue weighted by Crippen LogP contribution is -2.45. The predicted octanol–water partition coefficient (Wildman–Crippen LogP) is 1.07. The monoisotopic (exact) mass is 342 g/mol. The Kier molecular flexibility index (Phi) is 7.18. The molecule has 0 aromatic heterocycles. The largest absolute Gasteiger partial charge is 0.480 e. The molecule has 2 N–H and O–H groups in total. The molecule has 1 aromatic carbocycles. The lowest BCUT2D eigenvalue weighted by atomic mass is 10.1. The maximum Gasteiger partial charge on any atom is 0.326 e. The van der Waals surface area contributed by atoms with E-state index in [2.05, 4.69) is 5.32 Å². The van der Waals surface area contributed by atoms with E-state index in [-0.39, 0.29) is 4.90 Å². The number of amides is 1. The highest BCUT2D eigenvalue weighted by Crippen LogP contribution is 2.13. The average molecular weight is 342 g/mol. The van der Waals surface area contributed by atoms with Gasteiger partial charge in [0.1, 0.15) is 6.04 Å². The Hall–Kier alpha value is -1.93. The Morgan fingerprint density at radius 2 is 1.87 bits per heavy atom. The molecule has 0 spiro atoms. The maximum atomic E-state index is 12.3. The molecule has 0 aliphatic heterocycles. The number of hydrogen-bond donors (Lipinski definition) is 2. The van der Waals surface area contributed by atoms with Crippen LogP contribution in [0.4, 0.5) is 0 Å². The van der Waals surface area contributed by atoms with E-state index in [1.165, 1.54) is 19.2 Å². The predicted molar refractivity (Wildman–Crippen MR) is 85.3 cm³/mol. The highest BCUT2D eigenvalue weighted by Gasteiger charge is 2.25. The number of benzene rings is 1. The van der Waals surface area contributed by atoms with E-state index in [1.54, 1.807) is 18.2 Å². The number of carbonyl (C=O) groups is 2. The molecule has 8 heteroatoms. The Balaban J connectivity index is 2.70. The second kappa shape index (κ2) is 8.64. The molecule has 128 valence electrons. The third-order valence-corrected chi connectivity index (χ3v) is 5.11. The van der Waals surface area contributed by atoms with Crippen LogP contribution in [0.5, 0.6) is 0 Å². The normalized spacial score (nSPS) is 12.8. The topological polar surface area (TPSA) is 104 Å². The van der Waals surface area contributed by atoms with Crippen molar-refractivity contribution in [3.8, 4) is 0 Å². The van der Waals surface area contributed by atoms with Gasteiger partial charge in [-0.2, -0.15) is 4.31 Å². The van der Waals surface area contributed by atoms with Crippen molar-refractivity contribution >= 4 is 21.9 Å². The molecular weight excluding hydrogens is 320 g/mol. The van der Waals surface area contributed by atoms with Gasteiger partial charge < -0.3 is 10.4 Å². The van der Waals surface area contributed by atoms with Gasteiger partial charge in [0.15, 0.2) is 0 Å². The van der Waals surface area contributed by atoms with Gasteiger partial charge in [0.2, 0.25) is 15.9 Å². The molecule has 0 bridgehead atoms. The van der Waals surface area contributed by atoms with Gasteiger partial charge in [-0.3, -0.25) is 4.79 Å². The maximum absolute atomic E-state index is 12.3. The third kappa shape index (κ3) is 5.65. The van der Waals surface area contributed by atoms with Crippen LogP contribution in [-0.2, 0) is 19.6 Å². The van der Waals surface area contributed by atoms with E-state index >= 15 is 0 Å². The van der Waals surface area contributed by atoms with Crippen molar-refractivity contribution < 1.29 is 23.1 Å². The number of sulfonamides is 1. The van der Waals surface area contributed by atoms with Crippen LogP contribution in [0.2, 0.25) is 0 Å². The molecule has 0 radical (unpaired) electrons. The quantitative estimate of drug-likeness (QED) is 0.698. The number of hydrogen-bond acceptors (Lipinski definition) is 4. The molecule has 0 unspecified atom stereocenters. The van der Waals surface area contributed by atoms with Gasteiger partial charge in [0, 0.05) is 7.05 Å². The molecule has 0 saturated carbocycles. The Morgan fingerprint density at radius 3 is 2.39 bits per heavy atom. The third-order valence-electron chi connectivity index (χ3n) is 3.30. The van der Waals surface area contributed by atoms with Crippen LogP contribution < -0.4 is 5.32 Å². The lowest BCUT2D eigenvalue weighted by Gasteiger charge is -2.19. The van der Waals surface area contributed by atoms with E-state index in [9.17, 15) is 18.0 Å². The molecule has 1 amide bonds. The number of rotatable bonds is 9. The number of nitrogens with one attached hydrogen (secondary N) is 1. The van der Waals surface area contributed by atoms with Crippen LogP contribution >= 0.6 is 0 Å². The van der Waals surface area contributed by atoms with Crippen LogP contribution in [0.25, 0.3) is 0 Å². The van der Waals surface area contributed by atoms with Gasteiger partial charge in [-0.15, -0.1) is 0 Å². The second-order valence-corrected chi connectivity index (χ2v) is 7.22. The summed E-state index contributed by atoms with van der Waals surface area (Å²) in [6, 6.07) is 6.74.